The molecule has 3 nitrogen and oxygen atoms in total. The molecule has 0 saturated heterocycles. The topological polar surface area (TPSA) is 49.3 Å². The van der Waals surface area contributed by atoms with E-state index >= 15 is 0 Å². The molecule has 2 N–H and O–H groups in total. The number of benzene rings is 1. The zero-order valence-electron chi connectivity index (χ0n) is 9.23. The molecular weight excluding hydrogens is 202 g/mol. The second kappa shape index (κ2) is 5.01. The number of rotatable bonds is 2. The Morgan fingerprint density at radius 2 is 2.00 bits per heavy atom. The van der Waals surface area contributed by atoms with Crippen LogP contribution < -0.4 is 5.32 Å². The minimum absolute atomic E-state index is 0.122. The van der Waals surface area contributed by atoms with Crippen LogP contribution in [-0.4, -0.2) is 17.2 Å². The van der Waals surface area contributed by atoms with E-state index in [2.05, 4.69) is 17.4 Å². The molecule has 0 bridgehead atoms. The van der Waals surface area contributed by atoms with Crippen molar-refractivity contribution in [2.45, 2.75) is 37.6 Å². The predicted octanol–water partition coefficient (Wildman–Crippen LogP) is 2.98. The maximum absolute atomic E-state index is 10.6. The number of hydrogen-bond donors (Lipinski definition) is 2. The van der Waals surface area contributed by atoms with Crippen LogP contribution in [0, 0.1) is 0 Å². The van der Waals surface area contributed by atoms with Crippen molar-refractivity contribution in [2.24, 2.45) is 0 Å². The number of carbonyl (C=O) groups is 1. The first-order valence-electron chi connectivity index (χ1n) is 5.80. The van der Waals surface area contributed by atoms with Gasteiger partial charge in [0.15, 0.2) is 0 Å². The quantitative estimate of drug-likeness (QED) is 0.803. The summed E-state index contributed by atoms with van der Waals surface area (Å²) in [6, 6.07) is 10.5. The zero-order valence-corrected chi connectivity index (χ0v) is 9.23. The second-order valence-corrected chi connectivity index (χ2v) is 4.42. The molecule has 1 aromatic carbocycles. The molecule has 2 rings (SSSR count). The van der Waals surface area contributed by atoms with Gasteiger partial charge in [-0.25, -0.2) is 4.79 Å². The summed E-state index contributed by atoms with van der Waals surface area (Å²) in [6.45, 7) is 0. The van der Waals surface area contributed by atoms with E-state index in [4.69, 9.17) is 5.11 Å². The molecule has 16 heavy (non-hydrogen) atoms. The van der Waals surface area contributed by atoms with E-state index in [-0.39, 0.29) is 6.04 Å². The average Bonchev–Trinajstić information content (AvgIpc) is 2.30. The van der Waals surface area contributed by atoms with Crippen LogP contribution in [0.4, 0.5) is 4.79 Å². The van der Waals surface area contributed by atoms with Gasteiger partial charge in [0.2, 0.25) is 0 Å². The van der Waals surface area contributed by atoms with Gasteiger partial charge >= 0.3 is 6.09 Å². The smallest absolute Gasteiger partial charge is 0.404 e. The Morgan fingerprint density at radius 1 is 1.25 bits per heavy atom. The highest BCUT2D eigenvalue weighted by atomic mass is 16.4. The van der Waals surface area contributed by atoms with E-state index in [1.807, 2.05) is 18.2 Å². The molecule has 1 fully saturated rings. The lowest BCUT2D eigenvalue weighted by molar-refractivity contribution is 0.184. The average molecular weight is 219 g/mol. The van der Waals surface area contributed by atoms with E-state index in [9.17, 15) is 4.79 Å². The molecular formula is C13H17NO2. The molecule has 0 aromatic heterocycles. The maximum Gasteiger partial charge on any atom is 0.404 e. The SMILES string of the molecule is O=C(O)NC1CCCC(c2ccccc2)C1. The van der Waals surface area contributed by atoms with E-state index in [1.54, 1.807) is 0 Å². The Labute approximate surface area is 95.5 Å². The first-order chi connectivity index (χ1) is 7.75. The lowest BCUT2D eigenvalue weighted by Gasteiger charge is -2.29. The molecule has 0 heterocycles. The molecule has 2 atom stereocenters. The lowest BCUT2D eigenvalue weighted by atomic mass is 9.81. The number of hydrogen-bond acceptors (Lipinski definition) is 1. The third-order valence-electron chi connectivity index (χ3n) is 3.27. The highest BCUT2D eigenvalue weighted by molar-refractivity contribution is 5.64. The Morgan fingerprint density at radius 3 is 2.69 bits per heavy atom. The van der Waals surface area contributed by atoms with Crippen LogP contribution in [0.3, 0.4) is 0 Å². The standard InChI is InChI=1S/C13H17NO2/c15-13(16)14-12-8-4-7-11(9-12)10-5-2-1-3-6-10/h1-3,5-6,11-12,14H,4,7-9H2,(H,15,16). The van der Waals surface area contributed by atoms with Crippen molar-refractivity contribution in [3.8, 4) is 0 Å². The summed E-state index contributed by atoms with van der Waals surface area (Å²) >= 11 is 0. The van der Waals surface area contributed by atoms with Crippen molar-refractivity contribution in [1.82, 2.24) is 5.32 Å². The molecule has 0 radical (unpaired) electrons. The summed E-state index contributed by atoms with van der Waals surface area (Å²) in [5.74, 6) is 0.506. The Hall–Kier alpha value is -1.51. The Balaban J connectivity index is 1.99. The molecule has 1 aliphatic rings. The van der Waals surface area contributed by atoms with E-state index in [0.717, 1.165) is 19.3 Å². The molecule has 1 aromatic rings. The number of amides is 1. The Kier molecular flexibility index (Phi) is 3.44. The molecule has 3 heteroatoms. The van der Waals surface area contributed by atoms with E-state index in [1.165, 1.54) is 12.0 Å². The first kappa shape index (κ1) is 11.0. The van der Waals surface area contributed by atoms with Gasteiger partial charge in [-0.15, -0.1) is 0 Å². The summed E-state index contributed by atoms with van der Waals surface area (Å²) in [5.41, 5.74) is 1.33. The fourth-order valence-electron chi connectivity index (χ4n) is 2.52. The largest absolute Gasteiger partial charge is 0.465 e. The molecule has 86 valence electrons. The highest BCUT2D eigenvalue weighted by Crippen LogP contribution is 2.32. The lowest BCUT2D eigenvalue weighted by Crippen LogP contribution is -2.36. The van der Waals surface area contributed by atoms with Crippen LogP contribution in [0.25, 0.3) is 0 Å². The summed E-state index contributed by atoms with van der Waals surface area (Å²) in [4.78, 5) is 10.6. The van der Waals surface area contributed by atoms with Crippen molar-refractivity contribution >= 4 is 6.09 Å². The molecule has 2 unspecified atom stereocenters. The molecule has 0 spiro atoms. The minimum Gasteiger partial charge on any atom is -0.465 e. The summed E-state index contributed by atoms with van der Waals surface area (Å²) < 4.78 is 0. The van der Waals surface area contributed by atoms with E-state index in [0.29, 0.717) is 5.92 Å². The van der Waals surface area contributed by atoms with Gasteiger partial charge in [-0.3, -0.25) is 0 Å². The van der Waals surface area contributed by atoms with Crippen molar-refractivity contribution in [3.63, 3.8) is 0 Å². The van der Waals surface area contributed by atoms with Gasteiger partial charge in [0.05, 0.1) is 0 Å². The molecule has 1 saturated carbocycles. The maximum atomic E-state index is 10.6. The number of carboxylic acid groups (broad SMARTS) is 1. The van der Waals surface area contributed by atoms with Gasteiger partial charge in [0.1, 0.15) is 0 Å². The van der Waals surface area contributed by atoms with Gasteiger partial charge in [0.25, 0.3) is 0 Å². The monoisotopic (exact) mass is 219 g/mol. The number of nitrogens with one attached hydrogen (secondary N) is 1. The predicted molar refractivity (Wildman–Crippen MR) is 62.6 cm³/mol. The summed E-state index contributed by atoms with van der Waals surface area (Å²) in [7, 11) is 0. The third kappa shape index (κ3) is 2.75. The fraction of sp³-hybridized carbons (Fsp3) is 0.462. The normalized spacial score (nSPS) is 25.0. The van der Waals surface area contributed by atoms with Crippen molar-refractivity contribution in [3.05, 3.63) is 35.9 Å². The molecule has 0 aliphatic heterocycles. The van der Waals surface area contributed by atoms with Crippen molar-refractivity contribution in [2.75, 3.05) is 0 Å². The van der Waals surface area contributed by atoms with Crippen molar-refractivity contribution < 1.29 is 9.90 Å². The van der Waals surface area contributed by atoms with Crippen LogP contribution in [0.2, 0.25) is 0 Å². The minimum atomic E-state index is -0.904. The van der Waals surface area contributed by atoms with Gasteiger partial charge in [-0.1, -0.05) is 36.8 Å². The van der Waals surface area contributed by atoms with Crippen molar-refractivity contribution in [1.29, 1.82) is 0 Å². The zero-order chi connectivity index (χ0) is 11.4. The van der Waals surface area contributed by atoms with Crippen LogP contribution in [0.15, 0.2) is 30.3 Å². The van der Waals surface area contributed by atoms with Crippen LogP contribution in [0.1, 0.15) is 37.2 Å². The van der Waals surface area contributed by atoms with Gasteiger partial charge in [-0.2, -0.15) is 0 Å². The second-order valence-electron chi connectivity index (χ2n) is 4.42. The fourth-order valence-corrected chi connectivity index (χ4v) is 2.52. The van der Waals surface area contributed by atoms with Crippen LogP contribution in [-0.2, 0) is 0 Å². The summed E-state index contributed by atoms with van der Waals surface area (Å²) in [5, 5.41) is 11.3. The van der Waals surface area contributed by atoms with Gasteiger partial charge in [0, 0.05) is 6.04 Å². The van der Waals surface area contributed by atoms with Gasteiger partial charge < -0.3 is 10.4 Å². The highest BCUT2D eigenvalue weighted by Gasteiger charge is 2.23. The summed E-state index contributed by atoms with van der Waals surface area (Å²) in [6.07, 6.45) is 3.26. The Bertz CT molecular complexity index is 350. The molecule has 1 aliphatic carbocycles. The first-order valence-corrected chi connectivity index (χ1v) is 5.80. The van der Waals surface area contributed by atoms with Crippen LogP contribution in [0.5, 0.6) is 0 Å². The third-order valence-corrected chi connectivity index (χ3v) is 3.27. The van der Waals surface area contributed by atoms with Crippen LogP contribution >= 0.6 is 0 Å². The molecule has 1 amide bonds. The van der Waals surface area contributed by atoms with Gasteiger partial charge in [-0.05, 0) is 30.7 Å². The van der Waals surface area contributed by atoms with E-state index < -0.39 is 6.09 Å².